The van der Waals surface area contributed by atoms with Crippen LogP contribution in [-0.2, 0) is 0 Å². The number of aliphatic hydroxyl groups is 1. The van der Waals surface area contributed by atoms with E-state index in [0.29, 0.717) is 15.8 Å². The highest BCUT2D eigenvalue weighted by atomic mass is 35.5. The minimum atomic E-state index is -0.518. The third-order valence-electron chi connectivity index (χ3n) is 1.40. The SMILES string of the molecule is C[C@H](O)COc1cccc(Cl)c1Cl. The summed E-state index contributed by atoms with van der Waals surface area (Å²) in [7, 11) is 0. The molecule has 0 bridgehead atoms. The van der Waals surface area contributed by atoms with Gasteiger partial charge in [0.1, 0.15) is 17.4 Å². The molecule has 0 fully saturated rings. The Hall–Kier alpha value is -0.440. The first kappa shape index (κ1) is 10.6. The fraction of sp³-hybridized carbons (Fsp3) is 0.333. The predicted molar refractivity (Wildman–Crippen MR) is 53.6 cm³/mol. The molecule has 0 amide bonds. The first-order valence-corrected chi connectivity index (χ1v) is 4.61. The van der Waals surface area contributed by atoms with Crippen LogP contribution in [-0.4, -0.2) is 17.8 Å². The Morgan fingerprint density at radius 3 is 2.77 bits per heavy atom. The standard InChI is InChI=1S/C9H10Cl2O2/c1-6(12)5-13-8-4-2-3-7(10)9(8)11/h2-4,6,12H,5H2,1H3/t6-/m0/s1. The van der Waals surface area contributed by atoms with Gasteiger partial charge in [0.25, 0.3) is 0 Å². The lowest BCUT2D eigenvalue weighted by Crippen LogP contribution is -2.12. The maximum absolute atomic E-state index is 8.97. The molecule has 1 aromatic rings. The Morgan fingerprint density at radius 2 is 2.15 bits per heavy atom. The van der Waals surface area contributed by atoms with Gasteiger partial charge in [-0.1, -0.05) is 29.3 Å². The van der Waals surface area contributed by atoms with Crippen molar-refractivity contribution < 1.29 is 9.84 Å². The summed E-state index contributed by atoms with van der Waals surface area (Å²) in [6.07, 6.45) is -0.518. The molecule has 2 nitrogen and oxygen atoms in total. The van der Waals surface area contributed by atoms with Crippen LogP contribution in [0.4, 0.5) is 0 Å². The van der Waals surface area contributed by atoms with Crippen LogP contribution in [0.5, 0.6) is 5.75 Å². The molecule has 72 valence electrons. The zero-order valence-electron chi connectivity index (χ0n) is 7.13. The smallest absolute Gasteiger partial charge is 0.139 e. The molecule has 0 radical (unpaired) electrons. The summed E-state index contributed by atoms with van der Waals surface area (Å²) in [6.45, 7) is 1.85. The minimum Gasteiger partial charge on any atom is -0.489 e. The van der Waals surface area contributed by atoms with Gasteiger partial charge < -0.3 is 9.84 Å². The highest BCUT2D eigenvalue weighted by Crippen LogP contribution is 2.31. The Bertz CT molecular complexity index is 287. The highest BCUT2D eigenvalue weighted by Gasteiger charge is 2.05. The van der Waals surface area contributed by atoms with Gasteiger partial charge in [0.05, 0.1) is 11.1 Å². The molecule has 0 unspecified atom stereocenters. The van der Waals surface area contributed by atoms with Crippen LogP contribution >= 0.6 is 23.2 Å². The molecule has 0 heterocycles. The molecule has 4 heteroatoms. The maximum atomic E-state index is 8.97. The van der Waals surface area contributed by atoms with E-state index < -0.39 is 6.10 Å². The van der Waals surface area contributed by atoms with Crippen molar-refractivity contribution in [3.05, 3.63) is 28.2 Å². The number of aliphatic hydroxyl groups excluding tert-OH is 1. The third-order valence-corrected chi connectivity index (χ3v) is 2.20. The summed E-state index contributed by atoms with van der Waals surface area (Å²) in [6, 6.07) is 5.13. The molecule has 0 saturated carbocycles. The average molecular weight is 221 g/mol. The molecule has 1 N–H and O–H groups in total. The van der Waals surface area contributed by atoms with E-state index in [0.717, 1.165) is 0 Å². The first-order valence-electron chi connectivity index (χ1n) is 3.86. The number of rotatable bonds is 3. The number of hydrogen-bond acceptors (Lipinski definition) is 2. The van der Waals surface area contributed by atoms with E-state index in [1.54, 1.807) is 25.1 Å². The van der Waals surface area contributed by atoms with Crippen molar-refractivity contribution in [1.82, 2.24) is 0 Å². The molecule has 1 rings (SSSR count). The summed E-state index contributed by atoms with van der Waals surface area (Å²) in [5.74, 6) is 0.495. The summed E-state index contributed by atoms with van der Waals surface area (Å²) in [5.41, 5.74) is 0. The summed E-state index contributed by atoms with van der Waals surface area (Å²) >= 11 is 11.6. The van der Waals surface area contributed by atoms with Crippen LogP contribution in [0.3, 0.4) is 0 Å². The second-order valence-corrected chi connectivity index (χ2v) is 3.50. The van der Waals surface area contributed by atoms with Crippen LogP contribution in [0.25, 0.3) is 0 Å². The maximum Gasteiger partial charge on any atom is 0.139 e. The molecule has 1 atom stereocenters. The molecule has 0 aliphatic rings. The molecule has 1 aromatic carbocycles. The van der Waals surface area contributed by atoms with Gasteiger partial charge in [-0.3, -0.25) is 0 Å². The second kappa shape index (κ2) is 4.70. The van der Waals surface area contributed by atoms with Gasteiger partial charge in [-0.15, -0.1) is 0 Å². The Labute approximate surface area is 87.0 Å². The lowest BCUT2D eigenvalue weighted by molar-refractivity contribution is 0.123. The Kier molecular flexibility index (Phi) is 3.85. The zero-order valence-corrected chi connectivity index (χ0v) is 8.64. The van der Waals surface area contributed by atoms with Crippen molar-refractivity contribution in [3.63, 3.8) is 0 Å². The fourth-order valence-electron chi connectivity index (χ4n) is 0.806. The van der Waals surface area contributed by atoms with Gasteiger partial charge in [0.2, 0.25) is 0 Å². The van der Waals surface area contributed by atoms with Crippen LogP contribution < -0.4 is 4.74 Å². The van der Waals surface area contributed by atoms with Crippen LogP contribution in [0.15, 0.2) is 18.2 Å². The van der Waals surface area contributed by atoms with Gasteiger partial charge in [0, 0.05) is 0 Å². The number of ether oxygens (including phenoxy) is 1. The molecular weight excluding hydrogens is 211 g/mol. The first-order chi connectivity index (χ1) is 6.11. The van der Waals surface area contributed by atoms with Gasteiger partial charge in [-0.2, -0.15) is 0 Å². The quantitative estimate of drug-likeness (QED) is 0.850. The molecule has 13 heavy (non-hydrogen) atoms. The zero-order chi connectivity index (χ0) is 9.84. The van der Waals surface area contributed by atoms with Gasteiger partial charge in [-0.05, 0) is 19.1 Å². The van der Waals surface area contributed by atoms with Crippen molar-refractivity contribution in [2.75, 3.05) is 6.61 Å². The van der Waals surface area contributed by atoms with Crippen molar-refractivity contribution in [1.29, 1.82) is 0 Å². The highest BCUT2D eigenvalue weighted by molar-refractivity contribution is 6.42. The normalized spacial score (nSPS) is 12.6. The second-order valence-electron chi connectivity index (χ2n) is 2.71. The molecular formula is C9H10Cl2O2. The van der Waals surface area contributed by atoms with Crippen molar-refractivity contribution in [2.24, 2.45) is 0 Å². The van der Waals surface area contributed by atoms with E-state index in [9.17, 15) is 0 Å². The molecule has 0 aliphatic carbocycles. The van der Waals surface area contributed by atoms with E-state index in [1.165, 1.54) is 0 Å². The molecule has 0 saturated heterocycles. The summed E-state index contributed by atoms with van der Waals surface area (Å²) in [5, 5.41) is 9.80. The van der Waals surface area contributed by atoms with E-state index in [1.807, 2.05) is 0 Å². The topological polar surface area (TPSA) is 29.5 Å². The van der Waals surface area contributed by atoms with Gasteiger partial charge in [-0.25, -0.2) is 0 Å². The molecule has 0 spiro atoms. The summed E-state index contributed by atoms with van der Waals surface area (Å²) in [4.78, 5) is 0. The van der Waals surface area contributed by atoms with Crippen molar-refractivity contribution >= 4 is 23.2 Å². The number of benzene rings is 1. The van der Waals surface area contributed by atoms with E-state index in [4.69, 9.17) is 33.0 Å². The number of hydrogen-bond donors (Lipinski definition) is 1. The van der Waals surface area contributed by atoms with Crippen LogP contribution in [0.1, 0.15) is 6.92 Å². The monoisotopic (exact) mass is 220 g/mol. The van der Waals surface area contributed by atoms with Gasteiger partial charge in [0.15, 0.2) is 0 Å². The van der Waals surface area contributed by atoms with Crippen molar-refractivity contribution in [2.45, 2.75) is 13.0 Å². The largest absolute Gasteiger partial charge is 0.489 e. The van der Waals surface area contributed by atoms with Crippen molar-refractivity contribution in [3.8, 4) is 5.75 Å². The Balaban J connectivity index is 2.71. The fourth-order valence-corrected chi connectivity index (χ4v) is 1.15. The lowest BCUT2D eigenvalue weighted by atomic mass is 10.3. The average Bonchev–Trinajstić information content (AvgIpc) is 2.07. The van der Waals surface area contributed by atoms with E-state index >= 15 is 0 Å². The Morgan fingerprint density at radius 1 is 1.46 bits per heavy atom. The van der Waals surface area contributed by atoms with Crippen LogP contribution in [0.2, 0.25) is 10.0 Å². The van der Waals surface area contributed by atoms with Gasteiger partial charge >= 0.3 is 0 Å². The molecule has 0 aromatic heterocycles. The predicted octanol–water partition coefficient (Wildman–Crippen LogP) is 2.75. The summed E-state index contributed by atoms with van der Waals surface area (Å²) < 4.78 is 5.21. The molecule has 0 aliphatic heterocycles. The van der Waals surface area contributed by atoms with E-state index in [-0.39, 0.29) is 6.61 Å². The minimum absolute atomic E-state index is 0.208. The van der Waals surface area contributed by atoms with E-state index in [2.05, 4.69) is 0 Å². The van der Waals surface area contributed by atoms with Crippen LogP contribution in [0, 0.1) is 0 Å². The number of halogens is 2. The lowest BCUT2D eigenvalue weighted by Gasteiger charge is -2.09. The third kappa shape index (κ3) is 3.07.